The minimum Gasteiger partial charge on any atom is -0.462 e. The Labute approximate surface area is 128 Å². The molecule has 0 atom stereocenters. The number of aromatic nitrogens is 1. The van der Waals surface area contributed by atoms with E-state index in [1.807, 2.05) is 25.1 Å². The molecule has 3 N–H and O–H groups in total. The third-order valence-electron chi connectivity index (χ3n) is 2.78. The summed E-state index contributed by atoms with van der Waals surface area (Å²) in [6.07, 6.45) is 1.47. The number of aryl methyl sites for hydroxylation is 1. The second kappa shape index (κ2) is 6.45. The minimum absolute atomic E-state index is 0.272. The summed E-state index contributed by atoms with van der Waals surface area (Å²) in [5.74, 6) is -0.128. The first-order valence-corrected chi connectivity index (χ1v) is 6.85. The average molecular weight is 306 g/mol. The molecule has 5 nitrogen and oxygen atoms in total. The van der Waals surface area contributed by atoms with E-state index in [0.717, 1.165) is 5.56 Å². The molecule has 0 amide bonds. The fourth-order valence-electron chi connectivity index (χ4n) is 1.79. The van der Waals surface area contributed by atoms with Gasteiger partial charge in [-0.15, -0.1) is 0 Å². The van der Waals surface area contributed by atoms with E-state index in [-0.39, 0.29) is 12.2 Å². The molecule has 0 radical (unpaired) electrons. The van der Waals surface area contributed by atoms with Gasteiger partial charge in [0.15, 0.2) is 0 Å². The Kier molecular flexibility index (Phi) is 4.65. The normalized spacial score (nSPS) is 10.2. The Morgan fingerprint density at radius 1 is 1.43 bits per heavy atom. The molecule has 0 bridgehead atoms. The Bertz CT molecular complexity index is 674. The third-order valence-corrected chi connectivity index (χ3v) is 3.09. The van der Waals surface area contributed by atoms with Crippen LogP contribution >= 0.6 is 11.6 Å². The molecule has 1 aromatic heterocycles. The predicted molar refractivity (Wildman–Crippen MR) is 84.1 cm³/mol. The van der Waals surface area contributed by atoms with E-state index < -0.39 is 5.97 Å². The van der Waals surface area contributed by atoms with E-state index >= 15 is 0 Å². The van der Waals surface area contributed by atoms with Crippen molar-refractivity contribution in [3.05, 3.63) is 46.6 Å². The van der Waals surface area contributed by atoms with Crippen LogP contribution in [0.2, 0.25) is 5.02 Å². The van der Waals surface area contributed by atoms with Gasteiger partial charge in [-0.05, 0) is 37.6 Å². The van der Waals surface area contributed by atoms with Gasteiger partial charge in [-0.25, -0.2) is 9.78 Å². The molecule has 2 rings (SSSR count). The molecular weight excluding hydrogens is 290 g/mol. The predicted octanol–water partition coefficient (Wildman–Crippen LogP) is 3.55. The van der Waals surface area contributed by atoms with Crippen molar-refractivity contribution >= 4 is 34.8 Å². The number of halogens is 1. The molecular formula is C15H16ClN3O2. The zero-order valence-corrected chi connectivity index (χ0v) is 12.6. The number of esters is 1. The third kappa shape index (κ3) is 3.64. The van der Waals surface area contributed by atoms with Gasteiger partial charge in [-0.3, -0.25) is 0 Å². The number of nitrogens with two attached hydrogens (primary N) is 1. The summed E-state index contributed by atoms with van der Waals surface area (Å²) in [7, 11) is 0. The van der Waals surface area contributed by atoms with Gasteiger partial charge in [0.05, 0.1) is 29.2 Å². The fraction of sp³-hybridized carbons (Fsp3) is 0.200. The van der Waals surface area contributed by atoms with Gasteiger partial charge in [0.1, 0.15) is 11.4 Å². The molecule has 0 spiro atoms. The van der Waals surface area contributed by atoms with E-state index in [4.69, 9.17) is 22.1 Å². The Morgan fingerprint density at radius 2 is 2.19 bits per heavy atom. The number of benzene rings is 1. The van der Waals surface area contributed by atoms with Crippen LogP contribution in [0.5, 0.6) is 0 Å². The van der Waals surface area contributed by atoms with Gasteiger partial charge in [-0.2, -0.15) is 0 Å². The smallest absolute Gasteiger partial charge is 0.341 e. The number of nitrogen functional groups attached to an aromatic ring is 1. The minimum atomic E-state index is -0.483. The maximum absolute atomic E-state index is 12.0. The molecule has 0 aliphatic rings. The average Bonchev–Trinajstić information content (AvgIpc) is 2.43. The van der Waals surface area contributed by atoms with Crippen molar-refractivity contribution in [2.24, 2.45) is 0 Å². The number of hydrogen-bond acceptors (Lipinski definition) is 5. The molecule has 0 aliphatic carbocycles. The molecule has 0 fully saturated rings. The molecule has 0 aliphatic heterocycles. The van der Waals surface area contributed by atoms with E-state index in [9.17, 15) is 4.79 Å². The van der Waals surface area contributed by atoms with Crippen molar-refractivity contribution in [3.63, 3.8) is 0 Å². The number of ether oxygens (including phenoxy) is 1. The van der Waals surface area contributed by atoms with Crippen molar-refractivity contribution in [1.29, 1.82) is 0 Å². The Morgan fingerprint density at radius 3 is 2.86 bits per heavy atom. The largest absolute Gasteiger partial charge is 0.462 e. The molecule has 1 heterocycles. The van der Waals surface area contributed by atoms with Crippen LogP contribution in [0.25, 0.3) is 0 Å². The van der Waals surface area contributed by atoms with Gasteiger partial charge in [0.25, 0.3) is 0 Å². The van der Waals surface area contributed by atoms with Gasteiger partial charge >= 0.3 is 5.97 Å². The van der Waals surface area contributed by atoms with E-state index in [1.165, 1.54) is 12.3 Å². The van der Waals surface area contributed by atoms with E-state index in [1.54, 1.807) is 6.92 Å². The van der Waals surface area contributed by atoms with Crippen LogP contribution in [-0.4, -0.2) is 17.6 Å². The maximum atomic E-state index is 12.0. The van der Waals surface area contributed by atoms with Gasteiger partial charge in [-0.1, -0.05) is 17.7 Å². The van der Waals surface area contributed by atoms with E-state index in [0.29, 0.717) is 22.2 Å². The summed E-state index contributed by atoms with van der Waals surface area (Å²) in [6, 6.07) is 7.08. The number of nitrogens with zero attached hydrogens (tertiary/aromatic N) is 1. The molecule has 21 heavy (non-hydrogen) atoms. The topological polar surface area (TPSA) is 77.2 Å². The second-order valence-electron chi connectivity index (χ2n) is 4.49. The highest BCUT2D eigenvalue weighted by Crippen LogP contribution is 2.27. The molecule has 6 heteroatoms. The van der Waals surface area contributed by atoms with Crippen LogP contribution < -0.4 is 11.1 Å². The van der Waals surface area contributed by atoms with Gasteiger partial charge in [0.2, 0.25) is 0 Å². The first-order chi connectivity index (χ1) is 10.0. The summed E-state index contributed by atoms with van der Waals surface area (Å²) in [4.78, 5) is 16.1. The number of pyridine rings is 1. The highest BCUT2D eigenvalue weighted by Gasteiger charge is 2.15. The number of carbonyl (C=O) groups is 1. The lowest BCUT2D eigenvalue weighted by Gasteiger charge is -2.12. The van der Waals surface area contributed by atoms with Crippen molar-refractivity contribution in [2.45, 2.75) is 13.8 Å². The summed E-state index contributed by atoms with van der Waals surface area (Å²) in [5, 5.41) is 3.58. The number of nitrogens with one attached hydrogen (secondary N) is 1. The number of rotatable bonds is 4. The van der Waals surface area contributed by atoms with Crippen molar-refractivity contribution in [2.75, 3.05) is 17.7 Å². The van der Waals surface area contributed by atoms with Crippen LogP contribution in [0.15, 0.2) is 30.5 Å². The number of hydrogen-bond donors (Lipinski definition) is 2. The van der Waals surface area contributed by atoms with Crippen molar-refractivity contribution < 1.29 is 9.53 Å². The van der Waals surface area contributed by atoms with E-state index in [2.05, 4.69) is 10.3 Å². The quantitative estimate of drug-likeness (QED) is 0.845. The first kappa shape index (κ1) is 15.1. The molecule has 0 saturated heterocycles. The van der Waals surface area contributed by atoms with Gasteiger partial charge < -0.3 is 15.8 Å². The molecule has 110 valence electrons. The summed E-state index contributed by atoms with van der Waals surface area (Å²) in [5.41, 5.74) is 8.04. The van der Waals surface area contributed by atoms with Crippen LogP contribution in [0.4, 0.5) is 17.2 Å². The van der Waals surface area contributed by atoms with Crippen LogP contribution in [-0.2, 0) is 4.74 Å². The Balaban J connectivity index is 2.37. The maximum Gasteiger partial charge on any atom is 0.341 e. The summed E-state index contributed by atoms with van der Waals surface area (Å²) < 4.78 is 5.00. The zero-order chi connectivity index (χ0) is 15.4. The first-order valence-electron chi connectivity index (χ1n) is 6.47. The lowest BCUT2D eigenvalue weighted by Crippen LogP contribution is -2.10. The fourth-order valence-corrected chi connectivity index (χ4v) is 2.08. The molecule has 1 aromatic carbocycles. The lowest BCUT2D eigenvalue weighted by molar-refractivity contribution is 0.0527. The Hall–Kier alpha value is -2.27. The van der Waals surface area contributed by atoms with Gasteiger partial charge in [0, 0.05) is 0 Å². The van der Waals surface area contributed by atoms with Crippen LogP contribution in [0.1, 0.15) is 22.8 Å². The molecule has 0 unspecified atom stereocenters. The molecule has 2 aromatic rings. The summed E-state index contributed by atoms with van der Waals surface area (Å²) >= 11 is 6.17. The van der Waals surface area contributed by atoms with Crippen molar-refractivity contribution in [3.8, 4) is 0 Å². The highest BCUT2D eigenvalue weighted by atomic mass is 35.5. The summed E-state index contributed by atoms with van der Waals surface area (Å²) in [6.45, 7) is 3.96. The standard InChI is InChI=1S/C15H16ClN3O2/c1-3-21-15(20)11-7-10(17)8-18-14(11)19-13-5-4-9(2)6-12(13)16/h4-8H,3,17H2,1-2H3,(H,18,19). The zero-order valence-electron chi connectivity index (χ0n) is 11.8. The van der Waals surface area contributed by atoms with Crippen LogP contribution in [0.3, 0.4) is 0 Å². The van der Waals surface area contributed by atoms with Crippen molar-refractivity contribution in [1.82, 2.24) is 4.98 Å². The SMILES string of the molecule is CCOC(=O)c1cc(N)cnc1Nc1ccc(C)cc1Cl. The number of anilines is 3. The lowest BCUT2D eigenvalue weighted by atomic mass is 10.2. The second-order valence-corrected chi connectivity index (χ2v) is 4.90. The number of carbonyl (C=O) groups excluding carboxylic acids is 1. The monoisotopic (exact) mass is 305 g/mol. The molecule has 0 saturated carbocycles. The highest BCUT2D eigenvalue weighted by molar-refractivity contribution is 6.33. The van der Waals surface area contributed by atoms with Crippen LogP contribution in [0, 0.1) is 6.92 Å².